The molecule has 5 atom stereocenters. The van der Waals surface area contributed by atoms with Gasteiger partial charge in [0.05, 0.1) is 24.8 Å². The predicted octanol–water partition coefficient (Wildman–Crippen LogP) is 0.888. The molecular formula is C18H32N4O4S. The van der Waals surface area contributed by atoms with Crippen LogP contribution < -0.4 is 21.7 Å². The Hall–Kier alpha value is -1.48. The molecule has 5 unspecified atom stereocenters. The van der Waals surface area contributed by atoms with E-state index < -0.39 is 0 Å². The van der Waals surface area contributed by atoms with Gasteiger partial charge in [-0.3, -0.25) is 9.59 Å². The van der Waals surface area contributed by atoms with Crippen molar-refractivity contribution >= 4 is 29.6 Å². The highest BCUT2D eigenvalue weighted by Crippen LogP contribution is 2.33. The summed E-state index contributed by atoms with van der Waals surface area (Å²) in [6.45, 7) is 4.22. The smallest absolute Gasteiger partial charge is 0.315 e. The molecule has 2 rings (SSSR count). The molecule has 2 aliphatic heterocycles. The van der Waals surface area contributed by atoms with Crippen LogP contribution in [-0.2, 0) is 14.3 Å². The largest absolute Gasteiger partial charge is 0.376 e. The van der Waals surface area contributed by atoms with Gasteiger partial charge in [-0.05, 0) is 33.1 Å². The van der Waals surface area contributed by atoms with Crippen molar-refractivity contribution in [3.8, 4) is 0 Å². The minimum absolute atomic E-state index is 0.0312. The first-order valence-corrected chi connectivity index (χ1v) is 10.8. The molecule has 0 saturated carbocycles. The Labute approximate surface area is 165 Å². The van der Waals surface area contributed by atoms with Crippen LogP contribution in [-0.4, -0.2) is 59.7 Å². The lowest BCUT2D eigenvalue weighted by Crippen LogP contribution is -2.37. The molecule has 0 bridgehead atoms. The molecule has 8 nitrogen and oxygen atoms in total. The summed E-state index contributed by atoms with van der Waals surface area (Å²) in [4.78, 5) is 34.2. The van der Waals surface area contributed by atoms with Gasteiger partial charge in [-0.25, -0.2) is 4.79 Å². The van der Waals surface area contributed by atoms with E-state index in [4.69, 9.17) is 10.5 Å². The highest BCUT2D eigenvalue weighted by molar-refractivity contribution is 8.00. The van der Waals surface area contributed by atoms with Crippen LogP contribution in [0, 0.1) is 0 Å². The van der Waals surface area contributed by atoms with Gasteiger partial charge in [-0.15, -0.1) is 0 Å². The van der Waals surface area contributed by atoms with Crippen molar-refractivity contribution in [2.75, 3.05) is 12.4 Å². The summed E-state index contributed by atoms with van der Waals surface area (Å²) in [6, 6.07) is 0.348. The van der Waals surface area contributed by atoms with E-state index in [1.54, 1.807) is 0 Å². The second kappa shape index (κ2) is 10.8. The van der Waals surface area contributed by atoms with E-state index in [-0.39, 0.29) is 42.1 Å². The molecular weight excluding hydrogens is 368 g/mol. The van der Waals surface area contributed by atoms with Gasteiger partial charge in [0.2, 0.25) is 11.8 Å². The molecule has 2 fully saturated rings. The fourth-order valence-corrected chi connectivity index (χ4v) is 4.94. The molecule has 5 N–H and O–H groups in total. The van der Waals surface area contributed by atoms with Crippen molar-refractivity contribution in [3.63, 3.8) is 0 Å². The monoisotopic (exact) mass is 400 g/mol. The number of rotatable bonds is 12. The molecule has 2 saturated heterocycles. The first kappa shape index (κ1) is 21.8. The van der Waals surface area contributed by atoms with Crippen LogP contribution in [0.2, 0.25) is 0 Å². The van der Waals surface area contributed by atoms with Gasteiger partial charge in [0.15, 0.2) is 0 Å². The van der Waals surface area contributed by atoms with Gasteiger partial charge >= 0.3 is 6.03 Å². The Morgan fingerprint density at radius 1 is 1.30 bits per heavy atom. The third kappa shape index (κ3) is 7.57. The van der Waals surface area contributed by atoms with Crippen molar-refractivity contribution in [1.82, 2.24) is 16.0 Å². The minimum Gasteiger partial charge on any atom is -0.376 e. The Morgan fingerprint density at radius 3 is 2.81 bits per heavy atom. The van der Waals surface area contributed by atoms with Crippen molar-refractivity contribution < 1.29 is 19.1 Å². The zero-order chi connectivity index (χ0) is 19.8. The van der Waals surface area contributed by atoms with Crippen LogP contribution in [0.3, 0.4) is 0 Å². The molecule has 2 aliphatic rings. The standard InChI is InChI=1S/C18H32N4O4S/c1-11(9-26-12(2)7-8-15(19)23)20-16(24)6-4-3-5-14-17-13(10-27-14)21-18(25)22-17/h11-14,17H,3-10H2,1-2H3,(H2,19,23)(H,20,24)(H2,21,22,25). The van der Waals surface area contributed by atoms with Gasteiger partial charge in [-0.2, -0.15) is 11.8 Å². The van der Waals surface area contributed by atoms with Gasteiger partial charge in [-0.1, -0.05) is 6.42 Å². The lowest BCUT2D eigenvalue weighted by molar-refractivity contribution is -0.122. The molecule has 4 amide bonds. The lowest BCUT2D eigenvalue weighted by atomic mass is 10.0. The van der Waals surface area contributed by atoms with E-state index in [1.165, 1.54) is 0 Å². The molecule has 0 radical (unpaired) electrons. The number of amides is 4. The topological polar surface area (TPSA) is 123 Å². The third-order valence-electron chi connectivity index (χ3n) is 4.92. The van der Waals surface area contributed by atoms with Crippen LogP contribution in [0.1, 0.15) is 52.4 Å². The van der Waals surface area contributed by atoms with Crippen molar-refractivity contribution in [1.29, 1.82) is 0 Å². The number of unbranched alkanes of at least 4 members (excludes halogenated alkanes) is 1. The summed E-state index contributed by atoms with van der Waals surface area (Å²) in [7, 11) is 0. The van der Waals surface area contributed by atoms with E-state index in [2.05, 4.69) is 16.0 Å². The second-order valence-corrected chi connectivity index (χ2v) is 8.76. The minimum atomic E-state index is -0.329. The molecule has 0 aliphatic carbocycles. The van der Waals surface area contributed by atoms with E-state index in [9.17, 15) is 14.4 Å². The molecule has 27 heavy (non-hydrogen) atoms. The van der Waals surface area contributed by atoms with Crippen LogP contribution >= 0.6 is 11.8 Å². The normalized spacial score (nSPS) is 26.0. The summed E-state index contributed by atoms with van der Waals surface area (Å²) in [6.07, 6.45) is 4.16. The zero-order valence-corrected chi connectivity index (χ0v) is 17.0. The van der Waals surface area contributed by atoms with E-state index in [0.29, 0.717) is 31.1 Å². The Morgan fingerprint density at radius 2 is 2.07 bits per heavy atom. The van der Waals surface area contributed by atoms with Crippen molar-refractivity contribution in [2.45, 2.75) is 81.9 Å². The SMILES string of the molecule is CC(COC(C)CCC(N)=O)NC(=O)CCCCC1SCC2NC(=O)NC21. The van der Waals surface area contributed by atoms with Gasteiger partial charge in [0.25, 0.3) is 0 Å². The average Bonchev–Trinajstić information content (AvgIpc) is 3.14. The Kier molecular flexibility index (Phi) is 8.69. The number of carbonyl (C=O) groups excluding carboxylic acids is 3. The molecule has 2 heterocycles. The summed E-state index contributed by atoms with van der Waals surface area (Å²) >= 11 is 1.90. The average molecular weight is 401 g/mol. The number of nitrogens with two attached hydrogens (primary N) is 1. The van der Waals surface area contributed by atoms with Crippen LogP contribution in [0.4, 0.5) is 4.79 Å². The maximum Gasteiger partial charge on any atom is 0.315 e. The summed E-state index contributed by atoms with van der Waals surface area (Å²) < 4.78 is 5.63. The lowest BCUT2D eigenvalue weighted by Gasteiger charge is -2.18. The summed E-state index contributed by atoms with van der Waals surface area (Å²) in [5.41, 5.74) is 5.12. The predicted molar refractivity (Wildman–Crippen MR) is 105 cm³/mol. The number of ether oxygens (including phenoxy) is 1. The fraction of sp³-hybridized carbons (Fsp3) is 0.833. The second-order valence-electron chi connectivity index (χ2n) is 7.49. The number of primary amides is 1. The van der Waals surface area contributed by atoms with E-state index in [0.717, 1.165) is 25.0 Å². The number of hydrogen-bond donors (Lipinski definition) is 4. The quantitative estimate of drug-likeness (QED) is 0.286. The van der Waals surface area contributed by atoms with Crippen molar-refractivity contribution in [2.24, 2.45) is 5.73 Å². The highest BCUT2D eigenvalue weighted by Gasteiger charge is 2.42. The molecule has 154 valence electrons. The number of fused-ring (bicyclic) bond motifs is 1. The molecule has 0 spiro atoms. The first-order valence-electron chi connectivity index (χ1n) is 9.73. The zero-order valence-electron chi connectivity index (χ0n) is 16.2. The molecule has 0 aromatic rings. The van der Waals surface area contributed by atoms with Gasteiger partial charge in [0.1, 0.15) is 0 Å². The summed E-state index contributed by atoms with van der Waals surface area (Å²) in [5, 5.41) is 9.31. The number of hydrogen-bond acceptors (Lipinski definition) is 5. The Bertz CT molecular complexity index is 533. The number of thioether (sulfide) groups is 1. The maximum absolute atomic E-state index is 12.0. The maximum atomic E-state index is 12.0. The number of carbonyl (C=O) groups is 3. The highest BCUT2D eigenvalue weighted by atomic mass is 32.2. The Balaban J connectivity index is 1.51. The third-order valence-corrected chi connectivity index (χ3v) is 6.42. The summed E-state index contributed by atoms with van der Waals surface area (Å²) in [5.74, 6) is 0.665. The van der Waals surface area contributed by atoms with Crippen LogP contribution in [0.15, 0.2) is 0 Å². The van der Waals surface area contributed by atoms with Crippen LogP contribution in [0.5, 0.6) is 0 Å². The van der Waals surface area contributed by atoms with E-state index >= 15 is 0 Å². The van der Waals surface area contributed by atoms with E-state index in [1.807, 2.05) is 25.6 Å². The molecule has 0 aromatic heterocycles. The fourth-order valence-electron chi connectivity index (χ4n) is 3.40. The molecule has 9 heteroatoms. The van der Waals surface area contributed by atoms with Gasteiger partial charge in [0, 0.05) is 29.9 Å². The molecule has 0 aromatic carbocycles. The first-order chi connectivity index (χ1) is 12.8. The van der Waals surface area contributed by atoms with Crippen molar-refractivity contribution in [3.05, 3.63) is 0 Å². The number of nitrogens with one attached hydrogen (secondary N) is 3. The van der Waals surface area contributed by atoms with Gasteiger partial charge < -0.3 is 26.4 Å². The number of urea groups is 1. The van der Waals surface area contributed by atoms with Crippen LogP contribution in [0.25, 0.3) is 0 Å².